The fourth-order valence-electron chi connectivity index (χ4n) is 4.28. The first-order valence-corrected chi connectivity index (χ1v) is 9.39. The standard InChI is InChI=1S/C26H21N/c1-26(21-12-6-3-7-13-21)22-14-8-9-15-24(22)27-25-17-16-20(18-23(25)26)19-10-4-2-5-11-19/h2-18,27H,1H3. The van der Waals surface area contributed by atoms with Gasteiger partial charge < -0.3 is 5.32 Å². The van der Waals surface area contributed by atoms with Gasteiger partial charge in [-0.2, -0.15) is 0 Å². The molecular formula is C26H21N. The highest BCUT2D eigenvalue weighted by Gasteiger charge is 2.38. The molecule has 0 aliphatic carbocycles. The van der Waals surface area contributed by atoms with Crippen molar-refractivity contribution < 1.29 is 0 Å². The molecule has 0 spiro atoms. The van der Waals surface area contributed by atoms with Crippen LogP contribution in [0, 0.1) is 0 Å². The van der Waals surface area contributed by atoms with E-state index in [1.54, 1.807) is 0 Å². The van der Waals surface area contributed by atoms with Crippen molar-refractivity contribution in [1.29, 1.82) is 0 Å². The van der Waals surface area contributed by atoms with E-state index < -0.39 is 0 Å². The fourth-order valence-corrected chi connectivity index (χ4v) is 4.28. The highest BCUT2D eigenvalue weighted by molar-refractivity contribution is 5.81. The summed E-state index contributed by atoms with van der Waals surface area (Å²) in [7, 11) is 0. The van der Waals surface area contributed by atoms with Crippen molar-refractivity contribution in [1.82, 2.24) is 0 Å². The van der Waals surface area contributed by atoms with Gasteiger partial charge in [0.25, 0.3) is 0 Å². The number of hydrogen-bond donors (Lipinski definition) is 1. The maximum Gasteiger partial charge on any atom is 0.0464 e. The lowest BCUT2D eigenvalue weighted by Gasteiger charge is -2.39. The quantitative estimate of drug-likeness (QED) is 0.422. The van der Waals surface area contributed by atoms with Crippen LogP contribution in [0.3, 0.4) is 0 Å². The predicted molar refractivity (Wildman–Crippen MR) is 114 cm³/mol. The van der Waals surface area contributed by atoms with E-state index in [9.17, 15) is 0 Å². The van der Waals surface area contributed by atoms with Crippen molar-refractivity contribution in [3.05, 3.63) is 120 Å². The Balaban J connectivity index is 1.78. The third-order valence-electron chi connectivity index (χ3n) is 5.75. The number of rotatable bonds is 2. The van der Waals surface area contributed by atoms with Crippen molar-refractivity contribution in [3.63, 3.8) is 0 Å². The minimum absolute atomic E-state index is 0.205. The lowest BCUT2D eigenvalue weighted by atomic mass is 9.68. The average Bonchev–Trinajstić information content (AvgIpc) is 2.75. The van der Waals surface area contributed by atoms with E-state index >= 15 is 0 Å². The number of para-hydroxylation sites is 1. The van der Waals surface area contributed by atoms with Crippen LogP contribution < -0.4 is 5.32 Å². The summed E-state index contributed by atoms with van der Waals surface area (Å²) in [6.45, 7) is 2.34. The predicted octanol–water partition coefficient (Wildman–Crippen LogP) is 6.76. The Morgan fingerprint density at radius 3 is 1.96 bits per heavy atom. The van der Waals surface area contributed by atoms with E-state index in [0.29, 0.717) is 0 Å². The molecular weight excluding hydrogens is 326 g/mol. The van der Waals surface area contributed by atoms with Gasteiger partial charge in [0, 0.05) is 16.8 Å². The molecule has 4 aromatic carbocycles. The summed E-state index contributed by atoms with van der Waals surface area (Å²) >= 11 is 0. The zero-order valence-corrected chi connectivity index (χ0v) is 15.3. The minimum Gasteiger partial charge on any atom is -0.355 e. The van der Waals surface area contributed by atoms with Crippen molar-refractivity contribution in [2.45, 2.75) is 12.3 Å². The molecule has 0 saturated heterocycles. The summed E-state index contributed by atoms with van der Waals surface area (Å²) in [5.41, 5.74) is 8.59. The monoisotopic (exact) mass is 347 g/mol. The Hall–Kier alpha value is -3.32. The van der Waals surface area contributed by atoms with Crippen LogP contribution in [0.1, 0.15) is 23.6 Å². The van der Waals surface area contributed by atoms with Gasteiger partial charge in [-0.25, -0.2) is 0 Å². The largest absolute Gasteiger partial charge is 0.355 e. The SMILES string of the molecule is CC1(c2ccccc2)c2ccccc2Nc2ccc(-c3ccccc3)cc21. The van der Waals surface area contributed by atoms with Gasteiger partial charge in [-0.05, 0) is 52.9 Å². The van der Waals surface area contributed by atoms with Crippen molar-refractivity contribution >= 4 is 11.4 Å². The number of hydrogen-bond acceptors (Lipinski definition) is 1. The van der Waals surface area contributed by atoms with E-state index in [4.69, 9.17) is 0 Å². The second-order valence-electron chi connectivity index (χ2n) is 7.29. The van der Waals surface area contributed by atoms with Gasteiger partial charge in [-0.3, -0.25) is 0 Å². The van der Waals surface area contributed by atoms with Gasteiger partial charge in [0.1, 0.15) is 0 Å². The van der Waals surface area contributed by atoms with Crippen LogP contribution in [-0.4, -0.2) is 0 Å². The zero-order valence-electron chi connectivity index (χ0n) is 15.3. The topological polar surface area (TPSA) is 12.0 Å². The van der Waals surface area contributed by atoms with E-state index in [1.165, 1.54) is 39.2 Å². The van der Waals surface area contributed by atoms with Gasteiger partial charge in [0.05, 0.1) is 0 Å². The molecule has 1 heterocycles. The average molecular weight is 347 g/mol. The van der Waals surface area contributed by atoms with Crippen LogP contribution in [0.2, 0.25) is 0 Å². The molecule has 0 aromatic heterocycles. The summed E-state index contributed by atoms with van der Waals surface area (Å²) in [6.07, 6.45) is 0. The molecule has 0 radical (unpaired) electrons. The van der Waals surface area contributed by atoms with Crippen LogP contribution >= 0.6 is 0 Å². The fraction of sp³-hybridized carbons (Fsp3) is 0.0769. The molecule has 5 rings (SSSR count). The maximum atomic E-state index is 3.64. The lowest BCUT2D eigenvalue weighted by molar-refractivity contribution is 0.689. The molecule has 1 N–H and O–H groups in total. The Morgan fingerprint density at radius 1 is 0.556 bits per heavy atom. The molecule has 0 fully saturated rings. The first-order chi connectivity index (χ1) is 13.3. The van der Waals surface area contributed by atoms with Gasteiger partial charge in [-0.1, -0.05) is 84.9 Å². The van der Waals surface area contributed by atoms with Crippen LogP contribution in [0.4, 0.5) is 11.4 Å². The molecule has 27 heavy (non-hydrogen) atoms. The Bertz CT molecular complexity index is 1100. The molecule has 1 atom stereocenters. The molecule has 4 aromatic rings. The van der Waals surface area contributed by atoms with E-state index in [1.807, 2.05) is 0 Å². The Kier molecular flexibility index (Phi) is 3.61. The zero-order chi connectivity index (χ0) is 18.3. The van der Waals surface area contributed by atoms with Gasteiger partial charge in [-0.15, -0.1) is 0 Å². The van der Waals surface area contributed by atoms with Gasteiger partial charge >= 0.3 is 0 Å². The smallest absolute Gasteiger partial charge is 0.0464 e. The Labute approximate surface area is 160 Å². The normalized spacial score (nSPS) is 17.5. The first kappa shape index (κ1) is 15.9. The second kappa shape index (κ2) is 6.14. The molecule has 0 amide bonds. The summed E-state index contributed by atoms with van der Waals surface area (Å²) in [5.74, 6) is 0. The summed E-state index contributed by atoms with van der Waals surface area (Å²) in [4.78, 5) is 0. The lowest BCUT2D eigenvalue weighted by Crippen LogP contribution is -2.30. The summed E-state index contributed by atoms with van der Waals surface area (Å²) in [6, 6.07) is 36.8. The molecule has 1 nitrogen and oxygen atoms in total. The highest BCUT2D eigenvalue weighted by Crippen LogP contribution is 2.50. The molecule has 1 heteroatoms. The molecule has 1 aliphatic rings. The number of anilines is 2. The van der Waals surface area contributed by atoms with Crippen molar-refractivity contribution in [2.75, 3.05) is 5.32 Å². The highest BCUT2D eigenvalue weighted by atomic mass is 14.9. The number of fused-ring (bicyclic) bond motifs is 2. The van der Waals surface area contributed by atoms with E-state index in [2.05, 4.69) is 115 Å². The molecule has 130 valence electrons. The van der Waals surface area contributed by atoms with Crippen LogP contribution in [0.15, 0.2) is 103 Å². The molecule has 0 saturated carbocycles. The summed E-state index contributed by atoms with van der Waals surface area (Å²) < 4.78 is 0. The van der Waals surface area contributed by atoms with Crippen LogP contribution in [-0.2, 0) is 5.41 Å². The van der Waals surface area contributed by atoms with E-state index in [-0.39, 0.29) is 5.41 Å². The van der Waals surface area contributed by atoms with Gasteiger partial charge in [0.2, 0.25) is 0 Å². The second-order valence-corrected chi connectivity index (χ2v) is 7.29. The van der Waals surface area contributed by atoms with Crippen LogP contribution in [0.25, 0.3) is 11.1 Å². The maximum absolute atomic E-state index is 3.64. The van der Waals surface area contributed by atoms with Crippen molar-refractivity contribution in [2.24, 2.45) is 0 Å². The van der Waals surface area contributed by atoms with Crippen molar-refractivity contribution in [3.8, 4) is 11.1 Å². The third-order valence-corrected chi connectivity index (χ3v) is 5.75. The third kappa shape index (κ3) is 2.47. The molecule has 1 unspecified atom stereocenters. The van der Waals surface area contributed by atoms with E-state index in [0.717, 1.165) is 0 Å². The molecule has 1 aliphatic heterocycles. The molecule has 0 bridgehead atoms. The minimum atomic E-state index is -0.205. The van der Waals surface area contributed by atoms with Crippen LogP contribution in [0.5, 0.6) is 0 Å². The Morgan fingerprint density at radius 2 is 1.19 bits per heavy atom. The summed E-state index contributed by atoms with van der Waals surface area (Å²) in [5, 5.41) is 3.64. The number of benzene rings is 4. The number of nitrogens with one attached hydrogen (secondary N) is 1. The first-order valence-electron chi connectivity index (χ1n) is 9.39. The van der Waals surface area contributed by atoms with Gasteiger partial charge in [0.15, 0.2) is 0 Å².